The number of rotatable bonds is 1. The average molecular weight is 260 g/mol. The van der Waals surface area contributed by atoms with Crippen LogP contribution in [0.1, 0.15) is 36.2 Å². The molecule has 0 unspecified atom stereocenters. The van der Waals surface area contributed by atoms with Crippen LogP contribution in [0.25, 0.3) is 0 Å². The molecule has 1 saturated heterocycles. The molecule has 2 atom stereocenters. The highest BCUT2D eigenvalue weighted by molar-refractivity contribution is 6.03. The van der Waals surface area contributed by atoms with E-state index in [0.717, 1.165) is 36.3 Å². The smallest absolute Gasteiger partial charge is 0.172 e. The van der Waals surface area contributed by atoms with Crippen LogP contribution in [0.15, 0.2) is 18.2 Å². The van der Waals surface area contributed by atoms with E-state index in [1.165, 1.54) is 0 Å². The first-order valence-electron chi connectivity index (χ1n) is 6.80. The van der Waals surface area contributed by atoms with Gasteiger partial charge in [-0.25, -0.2) is 0 Å². The topological polar surface area (TPSA) is 35.5 Å². The van der Waals surface area contributed by atoms with Crippen molar-refractivity contribution in [2.24, 2.45) is 10.8 Å². The third-order valence-corrected chi connectivity index (χ3v) is 5.16. The van der Waals surface area contributed by atoms with Crippen LogP contribution in [0.4, 0.5) is 0 Å². The van der Waals surface area contributed by atoms with E-state index in [1.54, 1.807) is 7.11 Å². The lowest BCUT2D eigenvalue weighted by molar-refractivity contribution is -0.0764. The molecule has 0 saturated carbocycles. The van der Waals surface area contributed by atoms with E-state index in [9.17, 15) is 4.79 Å². The second-order valence-electron chi connectivity index (χ2n) is 6.22. The van der Waals surface area contributed by atoms with E-state index < -0.39 is 5.41 Å². The first kappa shape index (κ1) is 12.7. The second kappa shape index (κ2) is 4.07. The van der Waals surface area contributed by atoms with Crippen LogP contribution in [0.2, 0.25) is 0 Å². The zero-order valence-electron chi connectivity index (χ0n) is 11.8. The molecule has 2 aliphatic rings. The Morgan fingerprint density at radius 1 is 1.32 bits per heavy atom. The Morgan fingerprint density at radius 3 is 2.84 bits per heavy atom. The molecule has 0 radical (unpaired) electrons. The Kier molecular flexibility index (Phi) is 2.72. The van der Waals surface area contributed by atoms with Crippen molar-refractivity contribution in [3.8, 4) is 5.75 Å². The molecule has 1 aliphatic carbocycles. The molecule has 0 amide bonds. The van der Waals surface area contributed by atoms with Crippen molar-refractivity contribution in [1.29, 1.82) is 0 Å². The van der Waals surface area contributed by atoms with Crippen LogP contribution >= 0.6 is 0 Å². The molecule has 3 rings (SSSR count). The van der Waals surface area contributed by atoms with Crippen molar-refractivity contribution in [2.45, 2.75) is 26.7 Å². The number of benzene rings is 1. The van der Waals surface area contributed by atoms with E-state index in [4.69, 9.17) is 9.47 Å². The van der Waals surface area contributed by atoms with Crippen molar-refractivity contribution >= 4 is 5.78 Å². The zero-order valence-corrected chi connectivity index (χ0v) is 11.8. The molecule has 0 bridgehead atoms. The van der Waals surface area contributed by atoms with Gasteiger partial charge in [0.15, 0.2) is 5.78 Å². The Hall–Kier alpha value is -1.35. The highest BCUT2D eigenvalue weighted by Crippen LogP contribution is 2.53. The average Bonchev–Trinajstić information content (AvgIpc) is 2.41. The number of hydrogen-bond acceptors (Lipinski definition) is 3. The minimum atomic E-state index is -0.412. The number of carbonyl (C=O) groups is 1. The normalized spacial score (nSPS) is 33.5. The van der Waals surface area contributed by atoms with Crippen LogP contribution < -0.4 is 4.74 Å². The third-order valence-electron chi connectivity index (χ3n) is 5.16. The van der Waals surface area contributed by atoms with Crippen molar-refractivity contribution in [3.63, 3.8) is 0 Å². The lowest BCUT2D eigenvalue weighted by Gasteiger charge is -2.51. The van der Waals surface area contributed by atoms with Gasteiger partial charge in [-0.2, -0.15) is 0 Å². The molecule has 1 heterocycles. The summed E-state index contributed by atoms with van der Waals surface area (Å²) in [6.07, 6.45) is 1.89. The van der Waals surface area contributed by atoms with E-state index >= 15 is 0 Å². The first-order chi connectivity index (χ1) is 9.00. The van der Waals surface area contributed by atoms with Crippen LogP contribution in [-0.2, 0) is 11.2 Å². The molecule has 1 aromatic carbocycles. The summed E-state index contributed by atoms with van der Waals surface area (Å²) in [4.78, 5) is 12.9. The number of hydrogen-bond donors (Lipinski definition) is 0. The molecule has 0 spiro atoms. The standard InChI is InChI=1S/C16H20O3/c1-15-6-7-19-10-16(15,2)14(17)13-8-12(18-3)5-4-11(13)9-15/h4-5,8H,6-7,9-10H2,1-3H3/t15-,16-/m0/s1. The number of carbonyl (C=O) groups excluding carboxylic acids is 1. The molecule has 3 nitrogen and oxygen atoms in total. The quantitative estimate of drug-likeness (QED) is 0.779. The molecule has 1 aromatic rings. The van der Waals surface area contributed by atoms with Gasteiger partial charge in [0, 0.05) is 12.2 Å². The van der Waals surface area contributed by atoms with Gasteiger partial charge in [0.05, 0.1) is 19.1 Å². The summed E-state index contributed by atoms with van der Waals surface area (Å²) in [5.74, 6) is 0.950. The van der Waals surface area contributed by atoms with Gasteiger partial charge in [0.25, 0.3) is 0 Å². The lowest BCUT2D eigenvalue weighted by Crippen LogP contribution is -2.54. The molecule has 3 heteroatoms. The summed E-state index contributed by atoms with van der Waals surface area (Å²) in [6.45, 7) is 5.56. The summed E-state index contributed by atoms with van der Waals surface area (Å²) in [5.41, 5.74) is 1.55. The molecular formula is C16H20O3. The van der Waals surface area contributed by atoms with Gasteiger partial charge in [-0.1, -0.05) is 13.0 Å². The van der Waals surface area contributed by atoms with Gasteiger partial charge >= 0.3 is 0 Å². The van der Waals surface area contributed by atoms with Gasteiger partial charge in [-0.05, 0) is 42.9 Å². The predicted molar refractivity (Wildman–Crippen MR) is 72.7 cm³/mol. The summed E-state index contributed by atoms with van der Waals surface area (Å²) in [5, 5.41) is 0. The SMILES string of the molecule is COc1ccc2c(c1)C(=O)[C@]1(C)COCC[C@@]1(C)C2. The van der Waals surface area contributed by atoms with Gasteiger partial charge in [0.2, 0.25) is 0 Å². The van der Waals surface area contributed by atoms with Crippen molar-refractivity contribution in [1.82, 2.24) is 0 Å². The van der Waals surface area contributed by atoms with Gasteiger partial charge < -0.3 is 9.47 Å². The Labute approximate surface area is 113 Å². The maximum absolute atomic E-state index is 12.9. The Balaban J connectivity index is 2.13. The maximum Gasteiger partial charge on any atom is 0.172 e. The summed E-state index contributed by atoms with van der Waals surface area (Å²) in [7, 11) is 1.63. The number of ether oxygens (including phenoxy) is 2. The third kappa shape index (κ3) is 1.64. The molecule has 19 heavy (non-hydrogen) atoms. The predicted octanol–water partition coefficient (Wildman–Crippen LogP) is 2.87. The Morgan fingerprint density at radius 2 is 2.11 bits per heavy atom. The Bertz CT molecular complexity index is 537. The van der Waals surface area contributed by atoms with Crippen molar-refractivity contribution in [3.05, 3.63) is 29.3 Å². The lowest BCUT2D eigenvalue weighted by atomic mass is 9.54. The van der Waals surface area contributed by atoms with Crippen LogP contribution in [0.3, 0.4) is 0 Å². The zero-order chi connectivity index (χ0) is 13.7. The monoisotopic (exact) mass is 260 g/mol. The molecule has 1 fully saturated rings. The van der Waals surface area contributed by atoms with E-state index in [-0.39, 0.29) is 11.2 Å². The summed E-state index contributed by atoms with van der Waals surface area (Å²) < 4.78 is 10.8. The fourth-order valence-electron chi connectivity index (χ4n) is 3.41. The van der Waals surface area contributed by atoms with Gasteiger partial charge in [-0.15, -0.1) is 0 Å². The minimum Gasteiger partial charge on any atom is -0.497 e. The van der Waals surface area contributed by atoms with Crippen molar-refractivity contribution in [2.75, 3.05) is 20.3 Å². The fourth-order valence-corrected chi connectivity index (χ4v) is 3.41. The van der Waals surface area contributed by atoms with Gasteiger partial charge in [0.1, 0.15) is 5.75 Å². The van der Waals surface area contributed by atoms with E-state index in [1.807, 2.05) is 18.2 Å². The molecular weight excluding hydrogens is 240 g/mol. The molecule has 0 aromatic heterocycles. The summed E-state index contributed by atoms with van der Waals surface area (Å²) in [6, 6.07) is 5.85. The largest absolute Gasteiger partial charge is 0.497 e. The number of Topliss-reactive ketones (excluding diaryl/α,β-unsaturated/α-hetero) is 1. The fraction of sp³-hybridized carbons (Fsp3) is 0.562. The van der Waals surface area contributed by atoms with E-state index in [2.05, 4.69) is 13.8 Å². The minimum absolute atomic E-state index is 0.00389. The van der Waals surface area contributed by atoms with Crippen molar-refractivity contribution < 1.29 is 14.3 Å². The number of ketones is 1. The van der Waals surface area contributed by atoms with Gasteiger partial charge in [-0.3, -0.25) is 4.79 Å². The highest BCUT2D eigenvalue weighted by Gasteiger charge is 2.55. The molecule has 0 N–H and O–H groups in total. The number of fused-ring (bicyclic) bond motifs is 2. The van der Waals surface area contributed by atoms with E-state index in [0.29, 0.717) is 6.61 Å². The number of methoxy groups -OCH3 is 1. The highest BCUT2D eigenvalue weighted by atomic mass is 16.5. The first-order valence-corrected chi connectivity index (χ1v) is 6.80. The molecule has 102 valence electrons. The second-order valence-corrected chi connectivity index (χ2v) is 6.22. The molecule has 1 aliphatic heterocycles. The summed E-state index contributed by atoms with van der Waals surface area (Å²) >= 11 is 0. The van der Waals surface area contributed by atoms with Crippen LogP contribution in [-0.4, -0.2) is 26.1 Å². The van der Waals surface area contributed by atoms with Crippen LogP contribution in [0, 0.1) is 10.8 Å². The van der Waals surface area contributed by atoms with Crippen LogP contribution in [0.5, 0.6) is 5.75 Å². The maximum atomic E-state index is 12.9.